The van der Waals surface area contributed by atoms with E-state index >= 15 is 0 Å². The molecule has 0 aliphatic carbocycles. The number of benzene rings is 1. The highest BCUT2D eigenvalue weighted by Crippen LogP contribution is 2.35. The highest BCUT2D eigenvalue weighted by atomic mass is 32.1. The number of carbonyl (C=O) groups excluding carboxylic acids is 2. The molecule has 1 aromatic carbocycles. The van der Waals surface area contributed by atoms with Crippen LogP contribution in [0.5, 0.6) is 0 Å². The number of hydrogen-bond donors (Lipinski definition) is 2. The maximum Gasteiger partial charge on any atom is 0.341 e. The van der Waals surface area contributed by atoms with Crippen molar-refractivity contribution in [2.75, 3.05) is 19.0 Å². The lowest BCUT2D eigenvalue weighted by Crippen LogP contribution is -3.14. The number of carbonyl (C=O) groups is 2. The molecule has 6 heteroatoms. The van der Waals surface area contributed by atoms with E-state index in [-0.39, 0.29) is 18.3 Å². The number of anilines is 1. The SMILES string of the molecule is COC(=O)c1c(NC(=O)Cc2ccccc2)sc2c1CC[NH+](C(C)C)C2. The predicted octanol–water partition coefficient (Wildman–Crippen LogP) is 2.07. The Bertz CT molecular complexity index is 799. The summed E-state index contributed by atoms with van der Waals surface area (Å²) in [6.07, 6.45) is 1.12. The van der Waals surface area contributed by atoms with E-state index < -0.39 is 0 Å². The molecule has 2 heterocycles. The highest BCUT2D eigenvalue weighted by Gasteiger charge is 2.31. The van der Waals surface area contributed by atoms with Crippen LogP contribution >= 0.6 is 11.3 Å². The van der Waals surface area contributed by atoms with Gasteiger partial charge in [0.1, 0.15) is 11.5 Å². The van der Waals surface area contributed by atoms with Crippen LogP contribution in [0.3, 0.4) is 0 Å². The fourth-order valence-electron chi connectivity index (χ4n) is 3.35. The van der Waals surface area contributed by atoms with Gasteiger partial charge < -0.3 is 15.0 Å². The van der Waals surface area contributed by atoms with E-state index in [0.29, 0.717) is 16.6 Å². The minimum atomic E-state index is -0.370. The number of fused-ring (bicyclic) bond motifs is 1. The van der Waals surface area contributed by atoms with Crippen LogP contribution in [0, 0.1) is 0 Å². The first kappa shape index (κ1) is 18.6. The number of ether oxygens (including phenoxy) is 1. The normalized spacial score (nSPS) is 16.2. The molecule has 1 amide bonds. The molecule has 1 unspecified atom stereocenters. The van der Waals surface area contributed by atoms with Crippen LogP contribution in [0.25, 0.3) is 0 Å². The maximum absolute atomic E-state index is 12.5. The van der Waals surface area contributed by atoms with E-state index in [4.69, 9.17) is 4.74 Å². The summed E-state index contributed by atoms with van der Waals surface area (Å²) in [6, 6.07) is 10.1. The van der Waals surface area contributed by atoms with Gasteiger partial charge in [0.25, 0.3) is 0 Å². The molecule has 2 aromatic rings. The summed E-state index contributed by atoms with van der Waals surface area (Å²) >= 11 is 1.51. The Hall–Kier alpha value is -2.18. The van der Waals surface area contributed by atoms with Gasteiger partial charge in [-0.3, -0.25) is 4.79 Å². The Labute approximate surface area is 158 Å². The summed E-state index contributed by atoms with van der Waals surface area (Å²) in [5.41, 5.74) is 2.53. The van der Waals surface area contributed by atoms with Gasteiger partial charge in [0.2, 0.25) is 5.91 Å². The second kappa shape index (κ2) is 8.01. The van der Waals surface area contributed by atoms with Gasteiger partial charge in [-0.05, 0) is 25.0 Å². The van der Waals surface area contributed by atoms with Crippen molar-refractivity contribution < 1.29 is 19.2 Å². The van der Waals surface area contributed by atoms with E-state index in [9.17, 15) is 9.59 Å². The summed E-state index contributed by atoms with van der Waals surface area (Å²) in [5.74, 6) is -0.487. The first-order valence-electron chi connectivity index (χ1n) is 8.90. The van der Waals surface area contributed by atoms with E-state index in [2.05, 4.69) is 19.2 Å². The molecule has 138 valence electrons. The molecule has 0 saturated heterocycles. The zero-order valence-electron chi connectivity index (χ0n) is 15.4. The molecule has 0 fully saturated rings. The van der Waals surface area contributed by atoms with E-state index in [1.165, 1.54) is 28.2 Å². The molecule has 5 nitrogen and oxygen atoms in total. The van der Waals surface area contributed by atoms with Crippen LogP contribution in [0.4, 0.5) is 5.00 Å². The molecule has 1 atom stereocenters. The standard InChI is InChI=1S/C20H24N2O3S/c1-13(2)22-10-9-15-16(12-22)26-19(18(15)20(24)25-3)21-17(23)11-14-7-5-4-6-8-14/h4-8,13H,9-12H2,1-3H3,(H,21,23)/p+1. The first-order chi connectivity index (χ1) is 12.5. The van der Waals surface area contributed by atoms with Gasteiger partial charge in [-0.2, -0.15) is 0 Å². The lowest BCUT2D eigenvalue weighted by atomic mass is 10.0. The lowest BCUT2D eigenvalue weighted by Gasteiger charge is -2.27. The van der Waals surface area contributed by atoms with Crippen molar-refractivity contribution in [3.8, 4) is 0 Å². The van der Waals surface area contributed by atoms with Gasteiger partial charge in [0.05, 0.1) is 36.6 Å². The topological polar surface area (TPSA) is 59.8 Å². The monoisotopic (exact) mass is 373 g/mol. The van der Waals surface area contributed by atoms with Crippen molar-refractivity contribution >= 4 is 28.2 Å². The number of amides is 1. The highest BCUT2D eigenvalue weighted by molar-refractivity contribution is 7.17. The molecule has 0 saturated carbocycles. The van der Waals surface area contributed by atoms with E-state index in [1.807, 2.05) is 30.3 Å². The molecular weight excluding hydrogens is 348 g/mol. The molecule has 1 aliphatic heterocycles. The number of methoxy groups -OCH3 is 1. The van der Waals surface area contributed by atoms with Gasteiger partial charge >= 0.3 is 5.97 Å². The summed E-state index contributed by atoms with van der Waals surface area (Å²) in [6.45, 7) is 6.29. The fourth-order valence-corrected chi connectivity index (χ4v) is 4.66. The molecule has 1 aromatic heterocycles. The molecule has 0 spiro atoms. The second-order valence-electron chi connectivity index (χ2n) is 6.90. The van der Waals surface area contributed by atoms with E-state index in [0.717, 1.165) is 30.6 Å². The van der Waals surface area contributed by atoms with Gasteiger partial charge in [0.15, 0.2) is 0 Å². The number of thiophene rings is 1. The number of rotatable bonds is 5. The molecule has 2 N–H and O–H groups in total. The van der Waals surface area contributed by atoms with Gasteiger partial charge in [-0.1, -0.05) is 30.3 Å². The zero-order valence-corrected chi connectivity index (χ0v) is 16.2. The van der Waals surface area contributed by atoms with Gasteiger partial charge in [0, 0.05) is 6.42 Å². The van der Waals surface area contributed by atoms with Crippen molar-refractivity contribution in [2.45, 2.75) is 39.3 Å². The van der Waals surface area contributed by atoms with Crippen LogP contribution in [0.15, 0.2) is 30.3 Å². The second-order valence-corrected chi connectivity index (χ2v) is 8.00. The smallest absolute Gasteiger partial charge is 0.341 e. The molecule has 3 rings (SSSR count). The quantitative estimate of drug-likeness (QED) is 0.789. The molecule has 1 aliphatic rings. The number of quaternary nitrogens is 1. The Morgan fingerprint density at radius 3 is 2.65 bits per heavy atom. The first-order valence-corrected chi connectivity index (χ1v) is 9.72. The lowest BCUT2D eigenvalue weighted by molar-refractivity contribution is -0.936. The Morgan fingerprint density at radius 2 is 2.00 bits per heavy atom. The average molecular weight is 373 g/mol. The molecule has 26 heavy (non-hydrogen) atoms. The number of esters is 1. The Morgan fingerprint density at radius 1 is 1.27 bits per heavy atom. The minimum Gasteiger partial charge on any atom is -0.465 e. The van der Waals surface area contributed by atoms with Gasteiger partial charge in [-0.25, -0.2) is 4.79 Å². The largest absolute Gasteiger partial charge is 0.465 e. The summed E-state index contributed by atoms with van der Waals surface area (Å²) in [7, 11) is 1.39. The van der Waals surface area contributed by atoms with Crippen LogP contribution in [0.2, 0.25) is 0 Å². The van der Waals surface area contributed by atoms with Crippen molar-refractivity contribution in [2.24, 2.45) is 0 Å². The molecule has 0 radical (unpaired) electrons. The summed E-state index contributed by atoms with van der Waals surface area (Å²) in [4.78, 5) is 27.5. The average Bonchev–Trinajstić information content (AvgIpc) is 2.98. The Kier molecular flexibility index (Phi) is 5.74. The van der Waals surface area contributed by atoms with Crippen molar-refractivity contribution in [3.63, 3.8) is 0 Å². The Balaban J connectivity index is 1.84. The molecular formula is C20H25N2O3S+. The van der Waals surface area contributed by atoms with Crippen molar-refractivity contribution in [3.05, 3.63) is 51.9 Å². The van der Waals surface area contributed by atoms with Gasteiger partial charge in [-0.15, -0.1) is 11.3 Å². The minimum absolute atomic E-state index is 0.118. The predicted molar refractivity (Wildman–Crippen MR) is 103 cm³/mol. The number of nitrogens with one attached hydrogen (secondary N) is 2. The van der Waals surface area contributed by atoms with E-state index in [1.54, 1.807) is 0 Å². The summed E-state index contributed by atoms with van der Waals surface area (Å²) < 4.78 is 4.99. The van der Waals surface area contributed by atoms with Crippen LogP contribution in [0.1, 0.15) is 40.2 Å². The van der Waals surface area contributed by atoms with Crippen LogP contribution < -0.4 is 10.2 Å². The van der Waals surface area contributed by atoms with Crippen molar-refractivity contribution in [1.82, 2.24) is 0 Å². The zero-order chi connectivity index (χ0) is 18.7. The fraction of sp³-hybridized carbons (Fsp3) is 0.400. The van der Waals surface area contributed by atoms with Crippen molar-refractivity contribution in [1.29, 1.82) is 0 Å². The number of hydrogen-bond acceptors (Lipinski definition) is 4. The van der Waals surface area contributed by atoms with Crippen LogP contribution in [-0.4, -0.2) is 31.6 Å². The maximum atomic E-state index is 12.5. The summed E-state index contributed by atoms with van der Waals surface area (Å²) in [5, 5.41) is 3.56. The third-order valence-corrected chi connectivity index (χ3v) is 5.99. The third-order valence-electron chi connectivity index (χ3n) is 4.84. The third kappa shape index (κ3) is 3.97. The van der Waals surface area contributed by atoms with Crippen LogP contribution in [-0.2, 0) is 28.9 Å². The molecule has 0 bridgehead atoms.